The summed E-state index contributed by atoms with van der Waals surface area (Å²) in [6, 6.07) is 10.9. The number of anilines is 1. The van der Waals surface area contributed by atoms with E-state index in [9.17, 15) is 13.2 Å². The second kappa shape index (κ2) is 7.23. The van der Waals surface area contributed by atoms with Crippen LogP contribution in [0, 0.1) is 6.92 Å². The zero-order chi connectivity index (χ0) is 17.9. The van der Waals surface area contributed by atoms with E-state index in [4.69, 9.17) is 16.3 Å². The lowest BCUT2D eigenvalue weighted by Gasteiger charge is -2.25. The molecule has 0 spiro atoms. The number of benzene rings is 2. The van der Waals surface area contributed by atoms with Crippen LogP contribution in [0.2, 0.25) is 5.02 Å². The molecule has 0 atom stereocenters. The van der Waals surface area contributed by atoms with Crippen LogP contribution in [-0.2, 0) is 14.8 Å². The molecule has 0 saturated carbocycles. The van der Waals surface area contributed by atoms with Crippen LogP contribution < -0.4 is 4.31 Å². The quantitative estimate of drug-likeness (QED) is 0.757. The van der Waals surface area contributed by atoms with Crippen LogP contribution in [0.3, 0.4) is 0 Å². The van der Waals surface area contributed by atoms with Crippen molar-refractivity contribution in [2.75, 3.05) is 18.0 Å². The van der Waals surface area contributed by atoms with Crippen LogP contribution in [0.15, 0.2) is 47.4 Å². The van der Waals surface area contributed by atoms with Crippen molar-refractivity contribution in [2.24, 2.45) is 0 Å². The summed E-state index contributed by atoms with van der Waals surface area (Å²) in [6.07, 6.45) is 0. The van der Waals surface area contributed by atoms with Gasteiger partial charge in [-0.2, -0.15) is 0 Å². The molecule has 0 unspecified atom stereocenters. The number of hydrogen-bond donors (Lipinski definition) is 0. The highest BCUT2D eigenvalue weighted by atomic mass is 35.5. The Balaban J connectivity index is 2.56. The summed E-state index contributed by atoms with van der Waals surface area (Å²) in [4.78, 5) is 12.0. The Morgan fingerprint density at radius 1 is 1.17 bits per heavy atom. The second-order valence-electron chi connectivity index (χ2n) is 5.06. The van der Waals surface area contributed by atoms with Gasteiger partial charge in [0.1, 0.15) is 0 Å². The molecule has 7 heteroatoms. The Bertz CT molecular complexity index is 847. The van der Waals surface area contributed by atoms with Gasteiger partial charge < -0.3 is 4.74 Å². The molecule has 0 aliphatic heterocycles. The molecule has 0 amide bonds. The fraction of sp³-hybridized carbons (Fsp3) is 0.235. The lowest BCUT2D eigenvalue weighted by atomic mass is 10.1. The number of rotatable bonds is 5. The smallest absolute Gasteiger partial charge is 0.338 e. The number of ether oxygens (including phenoxy) is 1. The average Bonchev–Trinajstić information content (AvgIpc) is 2.56. The van der Waals surface area contributed by atoms with E-state index in [0.29, 0.717) is 21.8 Å². The van der Waals surface area contributed by atoms with Crippen molar-refractivity contribution in [1.82, 2.24) is 0 Å². The van der Waals surface area contributed by atoms with Gasteiger partial charge in [-0.15, -0.1) is 0 Å². The van der Waals surface area contributed by atoms with Gasteiger partial charge in [-0.3, -0.25) is 4.31 Å². The molecular weight excluding hydrogens is 350 g/mol. The van der Waals surface area contributed by atoms with Gasteiger partial charge in [-0.05, 0) is 55.8 Å². The Kier molecular flexibility index (Phi) is 5.51. The molecule has 5 nitrogen and oxygen atoms in total. The maximum atomic E-state index is 12.9. The van der Waals surface area contributed by atoms with Crippen molar-refractivity contribution in [3.8, 4) is 0 Å². The predicted octanol–water partition coefficient (Wildman–Crippen LogP) is 3.65. The zero-order valence-electron chi connectivity index (χ0n) is 13.6. The van der Waals surface area contributed by atoms with Crippen molar-refractivity contribution in [3.63, 3.8) is 0 Å². The molecule has 0 bridgehead atoms. The van der Waals surface area contributed by atoms with E-state index in [1.54, 1.807) is 32.0 Å². The standard InChI is InChI=1S/C17H18ClNO4S/c1-4-19(24(21,22)14-10-8-13(18)9-11-14)16-7-5-6-15(12(16)2)17(20)23-3/h5-11H,4H2,1-3H3. The maximum absolute atomic E-state index is 12.9. The number of sulfonamides is 1. The van der Waals surface area contributed by atoms with E-state index in [0.717, 1.165) is 0 Å². The minimum Gasteiger partial charge on any atom is -0.465 e. The van der Waals surface area contributed by atoms with Gasteiger partial charge in [-0.1, -0.05) is 17.7 Å². The first-order chi connectivity index (χ1) is 11.3. The predicted molar refractivity (Wildman–Crippen MR) is 94.2 cm³/mol. The normalized spacial score (nSPS) is 11.2. The molecule has 0 N–H and O–H groups in total. The molecule has 0 saturated heterocycles. The molecule has 0 heterocycles. The fourth-order valence-electron chi connectivity index (χ4n) is 2.43. The number of carbonyl (C=O) groups is 1. The average molecular weight is 368 g/mol. The fourth-order valence-corrected chi connectivity index (χ4v) is 4.09. The van der Waals surface area contributed by atoms with Crippen LogP contribution >= 0.6 is 11.6 Å². The summed E-state index contributed by atoms with van der Waals surface area (Å²) in [5, 5.41) is 0.459. The van der Waals surface area contributed by atoms with E-state index in [-0.39, 0.29) is 11.4 Å². The molecule has 0 aromatic heterocycles. The minimum atomic E-state index is -3.77. The number of halogens is 1. The number of esters is 1. The summed E-state index contributed by atoms with van der Waals surface area (Å²) >= 11 is 5.83. The van der Waals surface area contributed by atoms with Gasteiger partial charge in [-0.25, -0.2) is 13.2 Å². The second-order valence-corrected chi connectivity index (χ2v) is 7.36. The Morgan fingerprint density at radius 3 is 2.33 bits per heavy atom. The highest BCUT2D eigenvalue weighted by Gasteiger charge is 2.26. The zero-order valence-corrected chi connectivity index (χ0v) is 15.2. The highest BCUT2D eigenvalue weighted by molar-refractivity contribution is 7.92. The Morgan fingerprint density at radius 2 is 1.79 bits per heavy atom. The SMILES string of the molecule is CCN(c1cccc(C(=O)OC)c1C)S(=O)(=O)c1ccc(Cl)cc1. The summed E-state index contributed by atoms with van der Waals surface area (Å²) in [6.45, 7) is 3.65. The molecule has 0 radical (unpaired) electrons. The van der Waals surface area contributed by atoms with E-state index in [1.807, 2.05) is 0 Å². The van der Waals surface area contributed by atoms with Crippen molar-refractivity contribution in [1.29, 1.82) is 0 Å². The summed E-state index contributed by atoms with van der Waals surface area (Å²) < 4.78 is 31.9. The number of hydrogen-bond acceptors (Lipinski definition) is 4. The van der Waals surface area contributed by atoms with Crippen LogP contribution in [-0.4, -0.2) is 28.0 Å². The maximum Gasteiger partial charge on any atom is 0.338 e. The number of methoxy groups -OCH3 is 1. The largest absolute Gasteiger partial charge is 0.465 e. The third-order valence-corrected chi connectivity index (χ3v) is 5.82. The van der Waals surface area contributed by atoms with Gasteiger partial charge in [0.15, 0.2) is 0 Å². The van der Waals surface area contributed by atoms with Gasteiger partial charge in [0.2, 0.25) is 0 Å². The van der Waals surface area contributed by atoms with E-state index >= 15 is 0 Å². The van der Waals surface area contributed by atoms with Gasteiger partial charge in [0.25, 0.3) is 10.0 Å². The van der Waals surface area contributed by atoms with Gasteiger partial charge in [0, 0.05) is 11.6 Å². The third-order valence-electron chi connectivity index (χ3n) is 3.67. The lowest BCUT2D eigenvalue weighted by Crippen LogP contribution is -2.31. The van der Waals surface area contributed by atoms with Crippen molar-refractivity contribution in [2.45, 2.75) is 18.7 Å². The highest BCUT2D eigenvalue weighted by Crippen LogP contribution is 2.29. The Labute approximate surface area is 146 Å². The third kappa shape index (κ3) is 3.39. The van der Waals surface area contributed by atoms with E-state index in [2.05, 4.69) is 0 Å². The van der Waals surface area contributed by atoms with Gasteiger partial charge in [0.05, 0.1) is 23.3 Å². The number of nitrogens with zero attached hydrogens (tertiary/aromatic N) is 1. The molecule has 0 aliphatic rings. The Hall–Kier alpha value is -2.05. The monoisotopic (exact) mass is 367 g/mol. The van der Waals surface area contributed by atoms with Crippen molar-refractivity contribution >= 4 is 33.3 Å². The minimum absolute atomic E-state index is 0.136. The van der Waals surface area contributed by atoms with E-state index < -0.39 is 16.0 Å². The topological polar surface area (TPSA) is 63.7 Å². The first-order valence-electron chi connectivity index (χ1n) is 7.29. The molecule has 128 valence electrons. The van der Waals surface area contributed by atoms with Crippen LogP contribution in [0.1, 0.15) is 22.8 Å². The molecule has 2 aromatic rings. The van der Waals surface area contributed by atoms with Crippen LogP contribution in [0.5, 0.6) is 0 Å². The summed E-state index contributed by atoms with van der Waals surface area (Å²) in [5.41, 5.74) is 1.32. The molecule has 24 heavy (non-hydrogen) atoms. The van der Waals surface area contributed by atoms with Gasteiger partial charge >= 0.3 is 5.97 Å². The van der Waals surface area contributed by atoms with Crippen LogP contribution in [0.4, 0.5) is 5.69 Å². The molecule has 0 aliphatic carbocycles. The molecule has 0 fully saturated rings. The van der Waals surface area contributed by atoms with Crippen molar-refractivity contribution in [3.05, 3.63) is 58.6 Å². The van der Waals surface area contributed by atoms with Crippen LogP contribution in [0.25, 0.3) is 0 Å². The summed E-state index contributed by atoms with van der Waals surface area (Å²) in [5.74, 6) is -0.505. The van der Waals surface area contributed by atoms with E-state index in [1.165, 1.54) is 35.7 Å². The first-order valence-corrected chi connectivity index (χ1v) is 9.11. The lowest BCUT2D eigenvalue weighted by molar-refractivity contribution is 0.0600. The molecule has 2 rings (SSSR count). The first kappa shape index (κ1) is 18.3. The number of carbonyl (C=O) groups excluding carboxylic acids is 1. The van der Waals surface area contributed by atoms with Crippen molar-refractivity contribution < 1.29 is 17.9 Å². The molecular formula is C17H18ClNO4S. The molecule has 2 aromatic carbocycles. The summed E-state index contributed by atoms with van der Waals surface area (Å²) in [7, 11) is -2.48.